The molecule has 1 fully saturated rings. The molecule has 0 saturated carbocycles. The van der Waals surface area contributed by atoms with Crippen molar-refractivity contribution in [2.75, 3.05) is 19.6 Å². The Kier molecular flexibility index (Phi) is 7.23. The molecule has 1 unspecified atom stereocenters. The molecular formula is C18H23Cl2N5O. The van der Waals surface area contributed by atoms with E-state index in [1.54, 1.807) is 0 Å². The number of imidazole rings is 1. The molecule has 26 heavy (non-hydrogen) atoms. The van der Waals surface area contributed by atoms with E-state index in [1.165, 1.54) is 0 Å². The standard InChI is InChI=1S/C18H21N5O.2ClH/c1-22-9-8-20-18(22)15-11-19-7-10-23(15)13-17-21-12-16(24-17)14-5-3-2-4-6-14;;/h2-6,8-9,12,15,19H,7,10-11,13H2,1H3;2*1H. The summed E-state index contributed by atoms with van der Waals surface area (Å²) < 4.78 is 8.05. The fourth-order valence-corrected chi connectivity index (χ4v) is 3.18. The molecule has 6 nitrogen and oxygen atoms in total. The van der Waals surface area contributed by atoms with Crippen molar-refractivity contribution in [3.8, 4) is 11.3 Å². The summed E-state index contributed by atoms with van der Waals surface area (Å²) in [4.78, 5) is 11.4. The van der Waals surface area contributed by atoms with Crippen molar-refractivity contribution in [1.29, 1.82) is 0 Å². The summed E-state index contributed by atoms with van der Waals surface area (Å²) in [5.41, 5.74) is 1.05. The smallest absolute Gasteiger partial charge is 0.209 e. The van der Waals surface area contributed by atoms with Crippen molar-refractivity contribution >= 4 is 24.8 Å². The third-order valence-corrected chi connectivity index (χ3v) is 4.46. The lowest BCUT2D eigenvalue weighted by atomic mass is 10.1. The minimum Gasteiger partial charge on any atom is -0.439 e. The number of aromatic nitrogens is 3. The van der Waals surface area contributed by atoms with E-state index in [9.17, 15) is 0 Å². The van der Waals surface area contributed by atoms with Gasteiger partial charge in [0.15, 0.2) is 5.76 Å². The first-order valence-electron chi connectivity index (χ1n) is 8.23. The highest BCUT2D eigenvalue weighted by Gasteiger charge is 2.27. The molecule has 0 radical (unpaired) electrons. The molecule has 2 aromatic heterocycles. The number of nitrogens with zero attached hydrogens (tertiary/aromatic N) is 4. The molecule has 1 aliphatic rings. The van der Waals surface area contributed by atoms with E-state index in [0.29, 0.717) is 6.54 Å². The normalized spacial score (nSPS) is 17.3. The third-order valence-electron chi connectivity index (χ3n) is 4.46. The van der Waals surface area contributed by atoms with Crippen LogP contribution in [0.2, 0.25) is 0 Å². The Balaban J connectivity index is 0.00000121. The number of hydrogen-bond acceptors (Lipinski definition) is 5. The SMILES string of the molecule is Cl.Cl.Cn1ccnc1C1CNCCN1Cc1ncc(-c2ccccc2)o1. The van der Waals surface area contributed by atoms with E-state index >= 15 is 0 Å². The lowest BCUT2D eigenvalue weighted by Crippen LogP contribution is -2.46. The van der Waals surface area contributed by atoms with Gasteiger partial charge < -0.3 is 14.3 Å². The van der Waals surface area contributed by atoms with Crippen molar-refractivity contribution in [2.45, 2.75) is 12.6 Å². The van der Waals surface area contributed by atoms with Gasteiger partial charge in [-0.15, -0.1) is 24.8 Å². The summed E-state index contributed by atoms with van der Waals surface area (Å²) >= 11 is 0. The third kappa shape index (κ3) is 4.27. The van der Waals surface area contributed by atoms with E-state index in [0.717, 1.165) is 42.7 Å². The van der Waals surface area contributed by atoms with E-state index in [4.69, 9.17) is 4.42 Å². The number of halogens is 2. The zero-order valence-electron chi connectivity index (χ0n) is 14.5. The molecule has 3 aromatic rings. The molecule has 1 saturated heterocycles. The van der Waals surface area contributed by atoms with Crippen molar-refractivity contribution in [3.63, 3.8) is 0 Å². The van der Waals surface area contributed by atoms with Crippen LogP contribution in [0.3, 0.4) is 0 Å². The first kappa shape index (κ1) is 20.5. The molecule has 1 aliphatic heterocycles. The quantitative estimate of drug-likeness (QED) is 0.735. The summed E-state index contributed by atoms with van der Waals surface area (Å²) in [7, 11) is 2.04. The Labute approximate surface area is 165 Å². The molecule has 8 heteroatoms. The van der Waals surface area contributed by atoms with Gasteiger partial charge in [0.25, 0.3) is 0 Å². The Bertz CT molecular complexity index is 805. The van der Waals surface area contributed by atoms with Crippen LogP contribution in [0.25, 0.3) is 11.3 Å². The minimum atomic E-state index is 0. The van der Waals surface area contributed by atoms with Gasteiger partial charge in [-0.1, -0.05) is 30.3 Å². The maximum atomic E-state index is 5.97. The van der Waals surface area contributed by atoms with Crippen molar-refractivity contribution in [1.82, 2.24) is 24.8 Å². The molecule has 0 bridgehead atoms. The molecule has 0 aliphatic carbocycles. The molecule has 1 aromatic carbocycles. The second kappa shape index (κ2) is 9.19. The minimum absolute atomic E-state index is 0. The van der Waals surface area contributed by atoms with Gasteiger partial charge in [0.2, 0.25) is 5.89 Å². The zero-order chi connectivity index (χ0) is 16.4. The summed E-state index contributed by atoms with van der Waals surface area (Å²) in [6, 6.07) is 10.3. The highest BCUT2D eigenvalue weighted by Crippen LogP contribution is 2.25. The first-order valence-corrected chi connectivity index (χ1v) is 8.23. The number of piperazine rings is 1. The Morgan fingerprint density at radius 2 is 2.00 bits per heavy atom. The van der Waals surface area contributed by atoms with Crippen LogP contribution in [-0.2, 0) is 13.6 Å². The van der Waals surface area contributed by atoms with Gasteiger partial charge in [-0.3, -0.25) is 4.90 Å². The molecule has 1 atom stereocenters. The van der Waals surface area contributed by atoms with Crippen LogP contribution in [0.1, 0.15) is 17.8 Å². The highest BCUT2D eigenvalue weighted by molar-refractivity contribution is 5.85. The number of benzene rings is 1. The van der Waals surface area contributed by atoms with E-state index in [2.05, 4.69) is 24.8 Å². The molecule has 3 heterocycles. The Morgan fingerprint density at radius 3 is 2.73 bits per heavy atom. The van der Waals surface area contributed by atoms with Crippen molar-refractivity contribution in [3.05, 3.63) is 60.6 Å². The summed E-state index contributed by atoms with van der Waals surface area (Å²) in [6.07, 6.45) is 5.64. The number of rotatable bonds is 4. The van der Waals surface area contributed by atoms with E-state index in [-0.39, 0.29) is 30.9 Å². The van der Waals surface area contributed by atoms with Crippen LogP contribution in [0.5, 0.6) is 0 Å². The average Bonchev–Trinajstić information content (AvgIpc) is 3.25. The summed E-state index contributed by atoms with van der Waals surface area (Å²) in [5, 5.41) is 3.45. The van der Waals surface area contributed by atoms with E-state index in [1.807, 2.05) is 56.0 Å². The van der Waals surface area contributed by atoms with Gasteiger partial charge in [0.05, 0.1) is 18.8 Å². The zero-order valence-corrected chi connectivity index (χ0v) is 16.2. The molecular weight excluding hydrogens is 373 g/mol. The number of oxazole rings is 1. The summed E-state index contributed by atoms with van der Waals surface area (Å²) in [5.74, 6) is 2.63. The predicted octanol–water partition coefficient (Wildman–Crippen LogP) is 3.07. The highest BCUT2D eigenvalue weighted by atomic mass is 35.5. The Hall–Kier alpha value is -1.86. The van der Waals surface area contributed by atoms with E-state index < -0.39 is 0 Å². The van der Waals surface area contributed by atoms with Crippen LogP contribution >= 0.6 is 24.8 Å². The van der Waals surface area contributed by atoms with Crippen LogP contribution in [0.15, 0.2) is 53.3 Å². The van der Waals surface area contributed by atoms with Gasteiger partial charge in [-0.05, 0) is 0 Å². The van der Waals surface area contributed by atoms with Gasteiger partial charge in [-0.2, -0.15) is 0 Å². The fourth-order valence-electron chi connectivity index (χ4n) is 3.18. The van der Waals surface area contributed by atoms with Gasteiger partial charge in [-0.25, -0.2) is 9.97 Å². The van der Waals surface area contributed by atoms with Crippen LogP contribution in [0, 0.1) is 0 Å². The maximum absolute atomic E-state index is 5.97. The molecule has 0 spiro atoms. The lowest BCUT2D eigenvalue weighted by Gasteiger charge is -2.34. The van der Waals surface area contributed by atoms with Gasteiger partial charge >= 0.3 is 0 Å². The molecule has 0 amide bonds. The number of nitrogens with one attached hydrogen (secondary N) is 1. The lowest BCUT2D eigenvalue weighted by molar-refractivity contribution is 0.132. The average molecular weight is 396 g/mol. The first-order chi connectivity index (χ1) is 11.8. The Morgan fingerprint density at radius 1 is 1.19 bits per heavy atom. The molecule has 1 N–H and O–H groups in total. The number of hydrogen-bond donors (Lipinski definition) is 1. The molecule has 4 rings (SSSR count). The van der Waals surface area contributed by atoms with Crippen LogP contribution in [0.4, 0.5) is 0 Å². The predicted molar refractivity (Wildman–Crippen MR) is 106 cm³/mol. The maximum Gasteiger partial charge on any atom is 0.209 e. The second-order valence-corrected chi connectivity index (χ2v) is 6.07. The molecule has 140 valence electrons. The summed E-state index contributed by atoms with van der Waals surface area (Å²) in [6.45, 7) is 3.48. The fraction of sp³-hybridized carbons (Fsp3) is 0.333. The number of aryl methyl sites for hydroxylation is 1. The topological polar surface area (TPSA) is 59.1 Å². The van der Waals surface area contributed by atoms with Crippen molar-refractivity contribution < 1.29 is 4.42 Å². The van der Waals surface area contributed by atoms with Crippen LogP contribution < -0.4 is 5.32 Å². The van der Waals surface area contributed by atoms with Gasteiger partial charge in [0, 0.05) is 44.6 Å². The van der Waals surface area contributed by atoms with Crippen LogP contribution in [-0.4, -0.2) is 39.1 Å². The second-order valence-electron chi connectivity index (χ2n) is 6.07. The van der Waals surface area contributed by atoms with Gasteiger partial charge in [0.1, 0.15) is 5.82 Å². The van der Waals surface area contributed by atoms with Crippen molar-refractivity contribution in [2.24, 2.45) is 7.05 Å². The largest absolute Gasteiger partial charge is 0.439 e. The monoisotopic (exact) mass is 395 g/mol.